The SMILES string of the molecule is Cc1cc(CCc2cc(-c3ccc(-n4ccc(/C=C/C#N)c4)c(C)c3)no2)sn1. The minimum absolute atomic E-state index is 0.814. The first kappa shape index (κ1) is 18.9. The van der Waals surface area contributed by atoms with Crippen LogP contribution in [0.3, 0.4) is 0 Å². The maximum absolute atomic E-state index is 8.67. The second kappa shape index (κ2) is 8.29. The molecule has 0 amide bonds. The van der Waals surface area contributed by atoms with Crippen molar-refractivity contribution in [2.45, 2.75) is 26.7 Å². The van der Waals surface area contributed by atoms with Crippen molar-refractivity contribution in [3.8, 4) is 23.0 Å². The Kier molecular flexibility index (Phi) is 5.41. The Morgan fingerprint density at radius 2 is 2.07 bits per heavy atom. The summed E-state index contributed by atoms with van der Waals surface area (Å²) >= 11 is 1.54. The van der Waals surface area contributed by atoms with E-state index in [1.165, 1.54) is 11.0 Å². The molecule has 144 valence electrons. The van der Waals surface area contributed by atoms with E-state index < -0.39 is 0 Å². The molecule has 0 aliphatic heterocycles. The number of nitrogens with zero attached hydrogens (tertiary/aromatic N) is 4. The van der Waals surface area contributed by atoms with Crippen LogP contribution in [0.15, 0.2) is 59.4 Å². The molecule has 0 saturated heterocycles. The first-order chi connectivity index (χ1) is 14.1. The maximum Gasteiger partial charge on any atom is 0.137 e. The summed E-state index contributed by atoms with van der Waals surface area (Å²) in [5.74, 6) is 0.882. The van der Waals surface area contributed by atoms with Gasteiger partial charge in [-0.25, -0.2) is 0 Å². The van der Waals surface area contributed by atoms with Crippen molar-refractivity contribution in [2.75, 3.05) is 0 Å². The molecule has 1 aromatic carbocycles. The van der Waals surface area contributed by atoms with Gasteiger partial charge >= 0.3 is 0 Å². The van der Waals surface area contributed by atoms with Crippen molar-refractivity contribution in [3.63, 3.8) is 0 Å². The van der Waals surface area contributed by atoms with Crippen molar-refractivity contribution in [1.82, 2.24) is 14.1 Å². The van der Waals surface area contributed by atoms with E-state index in [4.69, 9.17) is 9.78 Å². The molecule has 5 nitrogen and oxygen atoms in total. The summed E-state index contributed by atoms with van der Waals surface area (Å²) < 4.78 is 11.9. The summed E-state index contributed by atoms with van der Waals surface area (Å²) in [5, 5.41) is 12.9. The zero-order valence-corrected chi connectivity index (χ0v) is 17.1. The van der Waals surface area contributed by atoms with Crippen molar-refractivity contribution in [1.29, 1.82) is 5.26 Å². The van der Waals surface area contributed by atoms with E-state index in [0.29, 0.717) is 0 Å². The highest BCUT2D eigenvalue weighted by Crippen LogP contribution is 2.25. The zero-order valence-electron chi connectivity index (χ0n) is 16.3. The normalized spacial score (nSPS) is 11.2. The van der Waals surface area contributed by atoms with Gasteiger partial charge in [0.15, 0.2) is 0 Å². The molecule has 29 heavy (non-hydrogen) atoms. The highest BCUT2D eigenvalue weighted by Gasteiger charge is 2.10. The van der Waals surface area contributed by atoms with E-state index >= 15 is 0 Å². The minimum atomic E-state index is 0.814. The lowest BCUT2D eigenvalue weighted by Crippen LogP contribution is -1.94. The molecule has 0 aliphatic carbocycles. The van der Waals surface area contributed by atoms with Crippen LogP contribution in [-0.4, -0.2) is 14.1 Å². The molecule has 0 saturated carbocycles. The van der Waals surface area contributed by atoms with Crippen LogP contribution in [0.5, 0.6) is 0 Å². The molecular formula is C23H20N4OS. The molecule has 0 spiro atoms. The lowest BCUT2D eigenvalue weighted by atomic mass is 10.1. The third kappa shape index (κ3) is 4.36. The first-order valence-corrected chi connectivity index (χ1v) is 10.1. The summed E-state index contributed by atoms with van der Waals surface area (Å²) in [6.45, 7) is 4.09. The van der Waals surface area contributed by atoms with Crippen LogP contribution in [0.4, 0.5) is 0 Å². The van der Waals surface area contributed by atoms with Crippen molar-refractivity contribution < 1.29 is 4.52 Å². The maximum atomic E-state index is 8.67. The molecule has 4 rings (SSSR count). The van der Waals surface area contributed by atoms with Gasteiger partial charge in [0.25, 0.3) is 0 Å². The van der Waals surface area contributed by atoms with Gasteiger partial charge in [-0.15, -0.1) is 0 Å². The first-order valence-electron chi connectivity index (χ1n) is 9.36. The largest absolute Gasteiger partial charge is 0.361 e. The second-order valence-corrected chi connectivity index (χ2v) is 7.82. The Morgan fingerprint density at radius 1 is 1.17 bits per heavy atom. The van der Waals surface area contributed by atoms with Crippen LogP contribution < -0.4 is 0 Å². The van der Waals surface area contributed by atoms with E-state index in [1.807, 2.05) is 37.5 Å². The predicted octanol–water partition coefficient (Wildman–Crippen LogP) is 5.53. The van der Waals surface area contributed by atoms with Gasteiger partial charge in [-0.05, 0) is 73.3 Å². The Morgan fingerprint density at radius 3 is 2.83 bits per heavy atom. The molecule has 0 unspecified atom stereocenters. The highest BCUT2D eigenvalue weighted by molar-refractivity contribution is 7.05. The van der Waals surface area contributed by atoms with Crippen molar-refractivity contribution in [2.24, 2.45) is 0 Å². The molecule has 6 heteroatoms. The Balaban J connectivity index is 1.49. The summed E-state index contributed by atoms with van der Waals surface area (Å²) in [5.41, 5.74) is 6.17. The molecule has 3 aromatic heterocycles. The van der Waals surface area contributed by atoms with Gasteiger partial charge in [0.2, 0.25) is 0 Å². The number of hydrogen-bond acceptors (Lipinski definition) is 5. The van der Waals surface area contributed by atoms with E-state index in [1.54, 1.807) is 17.6 Å². The fourth-order valence-corrected chi connectivity index (χ4v) is 3.98. The third-order valence-corrected chi connectivity index (χ3v) is 5.63. The van der Waals surface area contributed by atoms with Gasteiger partial charge in [-0.2, -0.15) is 9.64 Å². The summed E-state index contributed by atoms with van der Waals surface area (Å²) in [6, 6.07) is 14.4. The summed E-state index contributed by atoms with van der Waals surface area (Å²) in [7, 11) is 0. The molecule has 0 atom stereocenters. The second-order valence-electron chi connectivity index (χ2n) is 6.93. The number of aromatic nitrogens is 3. The van der Waals surface area contributed by atoms with Crippen LogP contribution in [0.1, 0.15) is 27.5 Å². The quantitative estimate of drug-likeness (QED) is 0.399. The fraction of sp³-hybridized carbons (Fsp3) is 0.174. The Labute approximate surface area is 173 Å². The Bertz CT molecular complexity index is 1210. The lowest BCUT2D eigenvalue weighted by Gasteiger charge is -2.08. The van der Waals surface area contributed by atoms with Gasteiger partial charge in [-0.3, -0.25) is 0 Å². The van der Waals surface area contributed by atoms with Gasteiger partial charge in [0.1, 0.15) is 11.5 Å². The number of allylic oxidation sites excluding steroid dienone is 1. The number of benzene rings is 1. The van der Waals surface area contributed by atoms with Gasteiger partial charge in [0, 0.05) is 47.1 Å². The molecule has 0 aliphatic rings. The molecular weight excluding hydrogens is 380 g/mol. The monoisotopic (exact) mass is 400 g/mol. The molecule has 0 bridgehead atoms. The molecule has 4 aromatic rings. The summed E-state index contributed by atoms with van der Waals surface area (Å²) in [6.07, 6.45) is 9.00. The molecule has 3 heterocycles. The average Bonchev–Trinajstić information content (AvgIpc) is 3.46. The molecule has 0 fully saturated rings. The zero-order chi connectivity index (χ0) is 20.2. The van der Waals surface area contributed by atoms with Gasteiger partial charge < -0.3 is 9.09 Å². The van der Waals surface area contributed by atoms with Crippen molar-refractivity contribution >= 4 is 17.6 Å². The van der Waals surface area contributed by atoms with Crippen molar-refractivity contribution in [3.05, 3.63) is 82.3 Å². The van der Waals surface area contributed by atoms with E-state index in [0.717, 1.165) is 52.4 Å². The van der Waals surface area contributed by atoms with Crippen LogP contribution in [0.25, 0.3) is 23.0 Å². The minimum Gasteiger partial charge on any atom is -0.361 e. The highest BCUT2D eigenvalue weighted by atomic mass is 32.1. The number of nitriles is 1. The van der Waals surface area contributed by atoms with Crippen LogP contribution in [-0.2, 0) is 12.8 Å². The van der Waals surface area contributed by atoms with Crippen LogP contribution in [0.2, 0.25) is 0 Å². The lowest BCUT2D eigenvalue weighted by molar-refractivity contribution is 0.385. The van der Waals surface area contributed by atoms with E-state index in [9.17, 15) is 0 Å². The third-order valence-electron chi connectivity index (χ3n) is 4.69. The fourth-order valence-electron chi connectivity index (χ4n) is 3.25. The standard InChI is InChI=1S/C23H20N4OS/c1-16-12-19(5-8-23(16)27-11-9-18(15-27)4-3-10-24)22-14-20(28-25-22)6-7-21-13-17(2)26-29-21/h3-5,8-9,11-15H,6-7H2,1-2H3/b4-3+. The van der Waals surface area contributed by atoms with Crippen LogP contribution in [0, 0.1) is 25.2 Å². The van der Waals surface area contributed by atoms with E-state index in [2.05, 4.69) is 45.3 Å². The van der Waals surface area contributed by atoms with Gasteiger partial charge in [-0.1, -0.05) is 11.2 Å². The van der Waals surface area contributed by atoms with Crippen LogP contribution >= 0.6 is 11.5 Å². The number of aryl methyl sites for hydroxylation is 4. The molecule has 0 N–H and O–H groups in total. The summed E-state index contributed by atoms with van der Waals surface area (Å²) in [4.78, 5) is 1.26. The van der Waals surface area contributed by atoms with E-state index in [-0.39, 0.29) is 0 Å². The number of hydrogen-bond donors (Lipinski definition) is 0. The topological polar surface area (TPSA) is 67.6 Å². The van der Waals surface area contributed by atoms with Gasteiger partial charge in [0.05, 0.1) is 11.8 Å². The smallest absolute Gasteiger partial charge is 0.137 e. The molecule has 0 radical (unpaired) electrons. The average molecular weight is 401 g/mol. The predicted molar refractivity (Wildman–Crippen MR) is 115 cm³/mol. The number of rotatable bonds is 6. The Hall–Kier alpha value is -3.43.